The third kappa shape index (κ3) is 1.16. The van der Waals surface area contributed by atoms with E-state index in [2.05, 4.69) is 17.1 Å². The van der Waals surface area contributed by atoms with Crippen molar-refractivity contribution in [2.75, 3.05) is 11.4 Å². The number of rotatable bonds is 0. The molecule has 1 aromatic heterocycles. The van der Waals surface area contributed by atoms with E-state index in [0.717, 1.165) is 12.1 Å². The van der Waals surface area contributed by atoms with E-state index in [9.17, 15) is 4.79 Å². The van der Waals surface area contributed by atoms with Crippen LogP contribution in [0.25, 0.3) is 0 Å². The average molecular weight is 181 g/mol. The molecule has 1 atom stereocenters. The van der Waals surface area contributed by atoms with E-state index >= 15 is 0 Å². The maximum Gasteiger partial charge on any atom is 0.411 e. The Balaban J connectivity index is 2.40. The highest BCUT2D eigenvalue weighted by molar-refractivity contribution is 5.87. The molecular weight excluding hydrogens is 170 g/mol. The Morgan fingerprint density at radius 2 is 2.62 bits per heavy atom. The first-order valence-corrected chi connectivity index (χ1v) is 4.24. The van der Waals surface area contributed by atoms with Crippen molar-refractivity contribution in [3.63, 3.8) is 0 Å². The smallest absolute Gasteiger partial charge is 0.411 e. The molecule has 1 aromatic rings. The molecule has 0 fully saturated rings. The minimum atomic E-state index is -0.908. The first kappa shape index (κ1) is 8.10. The van der Waals surface area contributed by atoms with Gasteiger partial charge in [-0.2, -0.15) is 5.10 Å². The lowest BCUT2D eigenvalue weighted by Crippen LogP contribution is -2.34. The zero-order valence-corrected chi connectivity index (χ0v) is 7.32. The molecule has 1 unspecified atom stereocenters. The lowest BCUT2D eigenvalue weighted by atomic mass is 9.98. The highest BCUT2D eigenvalue weighted by Gasteiger charge is 2.27. The monoisotopic (exact) mass is 181 g/mol. The van der Waals surface area contributed by atoms with Gasteiger partial charge in [-0.25, -0.2) is 4.79 Å². The van der Waals surface area contributed by atoms with Crippen LogP contribution in [-0.4, -0.2) is 27.9 Å². The normalized spacial score (nSPS) is 21.3. The van der Waals surface area contributed by atoms with Crippen LogP contribution in [0.3, 0.4) is 0 Å². The summed E-state index contributed by atoms with van der Waals surface area (Å²) in [5, 5.41) is 15.6. The number of hydrogen-bond donors (Lipinski definition) is 2. The number of hydrogen-bond acceptors (Lipinski definition) is 2. The number of H-pyrrole nitrogens is 1. The van der Waals surface area contributed by atoms with Gasteiger partial charge in [0.25, 0.3) is 0 Å². The maximum atomic E-state index is 10.8. The van der Waals surface area contributed by atoms with Gasteiger partial charge in [-0.15, -0.1) is 0 Å². The topological polar surface area (TPSA) is 69.2 Å². The van der Waals surface area contributed by atoms with Crippen LogP contribution < -0.4 is 4.90 Å². The molecule has 5 nitrogen and oxygen atoms in total. The highest BCUT2D eigenvalue weighted by atomic mass is 16.4. The second kappa shape index (κ2) is 2.76. The Morgan fingerprint density at radius 3 is 3.31 bits per heavy atom. The number of anilines is 1. The molecule has 5 heteroatoms. The van der Waals surface area contributed by atoms with Crippen LogP contribution in [0.2, 0.25) is 0 Å². The Bertz CT molecular complexity index is 334. The van der Waals surface area contributed by atoms with Crippen molar-refractivity contribution >= 4 is 11.8 Å². The van der Waals surface area contributed by atoms with Crippen molar-refractivity contribution in [1.29, 1.82) is 0 Å². The third-order valence-corrected chi connectivity index (χ3v) is 2.42. The molecule has 13 heavy (non-hydrogen) atoms. The van der Waals surface area contributed by atoms with Gasteiger partial charge in [0, 0.05) is 18.7 Å². The van der Waals surface area contributed by atoms with E-state index in [4.69, 9.17) is 5.11 Å². The Kier molecular flexibility index (Phi) is 1.72. The number of nitrogens with one attached hydrogen (secondary N) is 1. The second-order valence-electron chi connectivity index (χ2n) is 3.28. The number of amides is 1. The first-order chi connectivity index (χ1) is 6.20. The fourth-order valence-electron chi connectivity index (χ4n) is 1.65. The van der Waals surface area contributed by atoms with Crippen molar-refractivity contribution in [1.82, 2.24) is 10.2 Å². The highest BCUT2D eigenvalue weighted by Crippen LogP contribution is 2.32. The SMILES string of the molecule is CC1CCN(C(=O)O)c2c[nH]nc21. The molecule has 0 aromatic carbocycles. The lowest BCUT2D eigenvalue weighted by Gasteiger charge is -2.26. The van der Waals surface area contributed by atoms with Crippen molar-refractivity contribution < 1.29 is 9.90 Å². The molecule has 1 amide bonds. The van der Waals surface area contributed by atoms with E-state index < -0.39 is 6.09 Å². The van der Waals surface area contributed by atoms with Crippen LogP contribution in [0, 0.1) is 0 Å². The van der Waals surface area contributed by atoms with Crippen LogP contribution in [0.15, 0.2) is 6.20 Å². The second-order valence-corrected chi connectivity index (χ2v) is 3.28. The number of fused-ring (bicyclic) bond motifs is 1. The minimum absolute atomic E-state index is 0.344. The molecule has 1 aliphatic heterocycles. The Morgan fingerprint density at radius 1 is 1.85 bits per heavy atom. The van der Waals surface area contributed by atoms with Gasteiger partial charge in [0.15, 0.2) is 0 Å². The molecule has 1 aliphatic rings. The number of carbonyl (C=O) groups is 1. The van der Waals surface area contributed by atoms with E-state index in [-0.39, 0.29) is 0 Å². The first-order valence-electron chi connectivity index (χ1n) is 4.24. The summed E-state index contributed by atoms with van der Waals surface area (Å²) in [5.41, 5.74) is 1.56. The Labute approximate surface area is 75.4 Å². The largest absolute Gasteiger partial charge is 0.465 e. The summed E-state index contributed by atoms with van der Waals surface area (Å²) in [6.45, 7) is 2.61. The number of nitrogens with zero attached hydrogens (tertiary/aromatic N) is 2. The van der Waals surface area contributed by atoms with E-state index in [1.807, 2.05) is 0 Å². The molecule has 0 saturated carbocycles. The molecule has 0 radical (unpaired) electrons. The molecule has 0 saturated heterocycles. The van der Waals surface area contributed by atoms with Gasteiger partial charge in [0.05, 0.1) is 11.4 Å². The van der Waals surface area contributed by atoms with Crippen molar-refractivity contribution in [3.05, 3.63) is 11.9 Å². The molecule has 0 bridgehead atoms. The summed E-state index contributed by atoms with van der Waals surface area (Å²) in [5.74, 6) is 0.344. The summed E-state index contributed by atoms with van der Waals surface area (Å²) in [6, 6.07) is 0. The van der Waals surface area contributed by atoms with Crippen LogP contribution >= 0.6 is 0 Å². The molecular formula is C8H11N3O2. The molecule has 2 heterocycles. The van der Waals surface area contributed by atoms with E-state index in [0.29, 0.717) is 18.2 Å². The van der Waals surface area contributed by atoms with E-state index in [1.165, 1.54) is 4.90 Å². The van der Waals surface area contributed by atoms with Crippen LogP contribution in [0.1, 0.15) is 25.0 Å². The maximum absolute atomic E-state index is 10.8. The fraction of sp³-hybridized carbons (Fsp3) is 0.500. The number of aromatic amines is 1. The zero-order chi connectivity index (χ0) is 9.42. The van der Waals surface area contributed by atoms with Gasteiger partial charge >= 0.3 is 6.09 Å². The van der Waals surface area contributed by atoms with Gasteiger partial charge < -0.3 is 5.11 Å². The van der Waals surface area contributed by atoms with Gasteiger partial charge in [-0.1, -0.05) is 6.92 Å². The standard InChI is InChI=1S/C8H11N3O2/c1-5-2-3-11(8(12)13)6-4-9-10-7(5)6/h4-5H,2-3H2,1H3,(H,9,10)(H,12,13). The summed E-state index contributed by atoms with van der Waals surface area (Å²) in [4.78, 5) is 12.1. The predicted molar refractivity (Wildman–Crippen MR) is 47.0 cm³/mol. The number of aromatic nitrogens is 2. The van der Waals surface area contributed by atoms with Gasteiger partial charge in [0.2, 0.25) is 0 Å². The van der Waals surface area contributed by atoms with Crippen LogP contribution in [-0.2, 0) is 0 Å². The summed E-state index contributed by atoms with van der Waals surface area (Å²) in [6.07, 6.45) is 1.57. The van der Waals surface area contributed by atoms with Crippen LogP contribution in [0.5, 0.6) is 0 Å². The molecule has 0 aliphatic carbocycles. The van der Waals surface area contributed by atoms with Crippen LogP contribution in [0.4, 0.5) is 10.5 Å². The number of carboxylic acid groups (broad SMARTS) is 1. The van der Waals surface area contributed by atoms with E-state index in [1.54, 1.807) is 6.20 Å². The Hall–Kier alpha value is -1.52. The van der Waals surface area contributed by atoms with Crippen molar-refractivity contribution in [2.24, 2.45) is 0 Å². The third-order valence-electron chi connectivity index (χ3n) is 2.42. The van der Waals surface area contributed by atoms with Gasteiger partial charge in [-0.3, -0.25) is 10.00 Å². The quantitative estimate of drug-likeness (QED) is 0.635. The summed E-state index contributed by atoms with van der Waals surface area (Å²) in [7, 11) is 0. The van der Waals surface area contributed by atoms with Gasteiger partial charge in [0.1, 0.15) is 0 Å². The summed E-state index contributed by atoms with van der Waals surface area (Å²) < 4.78 is 0. The molecule has 70 valence electrons. The fourth-order valence-corrected chi connectivity index (χ4v) is 1.65. The van der Waals surface area contributed by atoms with Crippen molar-refractivity contribution in [2.45, 2.75) is 19.3 Å². The zero-order valence-electron chi connectivity index (χ0n) is 7.32. The summed E-state index contributed by atoms with van der Waals surface area (Å²) >= 11 is 0. The minimum Gasteiger partial charge on any atom is -0.465 e. The van der Waals surface area contributed by atoms with Crippen molar-refractivity contribution in [3.8, 4) is 0 Å². The van der Waals surface area contributed by atoms with Gasteiger partial charge in [-0.05, 0) is 6.42 Å². The molecule has 2 rings (SSSR count). The lowest BCUT2D eigenvalue weighted by molar-refractivity contribution is 0.201. The predicted octanol–water partition coefficient (Wildman–Crippen LogP) is 1.40. The molecule has 0 spiro atoms. The molecule has 2 N–H and O–H groups in total. The average Bonchev–Trinajstić information content (AvgIpc) is 2.53.